The number of ether oxygens (including phenoxy) is 1. The molecule has 0 aromatic heterocycles. The first kappa shape index (κ1) is 31.8. The van der Waals surface area contributed by atoms with Crippen molar-refractivity contribution in [3.8, 4) is 0 Å². The quantitative estimate of drug-likeness (QED) is 0.0994. The standard InChI is InChI=1S/C35H33N3O5S/c1-4-43-35(42)26-17-19-28(20-18-26)36-32(39)24(3)44-30-16-10-15-29(22-30)37-34(41)31(21-27-14-9-8-11-23(27)2)38-33(40)25-12-6-5-7-13-25/h5-22,24H,4H2,1-3H3,(H,36,39)(H,37,41)(H,38,40)/b31-21-. The maximum absolute atomic E-state index is 13.4. The Morgan fingerprint density at radius 1 is 0.795 bits per heavy atom. The Morgan fingerprint density at radius 2 is 1.50 bits per heavy atom. The number of aryl methyl sites for hydroxylation is 1. The maximum atomic E-state index is 13.4. The van der Waals surface area contributed by atoms with Crippen molar-refractivity contribution in [3.63, 3.8) is 0 Å². The molecule has 0 saturated carbocycles. The zero-order valence-electron chi connectivity index (χ0n) is 24.6. The highest BCUT2D eigenvalue weighted by Crippen LogP contribution is 2.27. The van der Waals surface area contributed by atoms with Crippen LogP contribution in [0.4, 0.5) is 11.4 Å². The lowest BCUT2D eigenvalue weighted by Gasteiger charge is -2.14. The first-order valence-corrected chi connectivity index (χ1v) is 14.9. The predicted octanol–water partition coefficient (Wildman–Crippen LogP) is 6.70. The SMILES string of the molecule is CCOC(=O)c1ccc(NC(=O)C(C)Sc2cccc(NC(=O)/C(=C/c3ccccc3C)NC(=O)c3ccccc3)c2)cc1. The Morgan fingerprint density at radius 3 is 2.20 bits per heavy atom. The molecule has 3 amide bonds. The van der Waals surface area contributed by atoms with Gasteiger partial charge < -0.3 is 20.7 Å². The molecule has 0 spiro atoms. The number of carbonyl (C=O) groups is 4. The molecule has 1 atom stereocenters. The molecule has 9 heteroatoms. The third kappa shape index (κ3) is 8.92. The Labute approximate surface area is 260 Å². The third-order valence-electron chi connectivity index (χ3n) is 6.45. The summed E-state index contributed by atoms with van der Waals surface area (Å²) in [5.74, 6) is -1.53. The summed E-state index contributed by atoms with van der Waals surface area (Å²) in [4.78, 5) is 51.9. The average Bonchev–Trinajstić information content (AvgIpc) is 3.02. The molecule has 44 heavy (non-hydrogen) atoms. The number of rotatable bonds is 11. The molecule has 224 valence electrons. The zero-order chi connectivity index (χ0) is 31.5. The van der Waals surface area contributed by atoms with Crippen molar-refractivity contribution in [1.82, 2.24) is 5.32 Å². The average molecular weight is 608 g/mol. The summed E-state index contributed by atoms with van der Waals surface area (Å²) < 4.78 is 4.99. The second kappa shape index (κ2) is 15.4. The lowest BCUT2D eigenvalue weighted by atomic mass is 10.1. The third-order valence-corrected chi connectivity index (χ3v) is 7.55. The van der Waals surface area contributed by atoms with Gasteiger partial charge in [-0.3, -0.25) is 14.4 Å². The van der Waals surface area contributed by atoms with E-state index in [0.717, 1.165) is 16.0 Å². The normalized spacial score (nSPS) is 11.7. The molecule has 3 N–H and O–H groups in total. The largest absolute Gasteiger partial charge is 0.462 e. The van der Waals surface area contributed by atoms with Crippen LogP contribution in [0, 0.1) is 6.92 Å². The van der Waals surface area contributed by atoms with E-state index in [1.165, 1.54) is 11.8 Å². The molecule has 0 fully saturated rings. The topological polar surface area (TPSA) is 114 Å². The fourth-order valence-electron chi connectivity index (χ4n) is 4.10. The molecular weight excluding hydrogens is 574 g/mol. The van der Waals surface area contributed by atoms with Gasteiger partial charge in [0.25, 0.3) is 11.8 Å². The number of carbonyl (C=O) groups excluding carboxylic acids is 4. The second-order valence-corrected chi connectivity index (χ2v) is 11.2. The zero-order valence-corrected chi connectivity index (χ0v) is 25.4. The van der Waals surface area contributed by atoms with E-state index in [4.69, 9.17) is 4.74 Å². The van der Waals surface area contributed by atoms with Crippen molar-refractivity contribution in [2.45, 2.75) is 30.9 Å². The van der Waals surface area contributed by atoms with Crippen LogP contribution in [0.25, 0.3) is 6.08 Å². The summed E-state index contributed by atoms with van der Waals surface area (Å²) in [6.07, 6.45) is 1.65. The Balaban J connectivity index is 1.44. The van der Waals surface area contributed by atoms with E-state index in [-0.39, 0.29) is 18.2 Å². The van der Waals surface area contributed by atoms with Gasteiger partial charge in [0.1, 0.15) is 5.70 Å². The summed E-state index contributed by atoms with van der Waals surface area (Å²) in [6.45, 7) is 5.73. The lowest BCUT2D eigenvalue weighted by Crippen LogP contribution is -2.30. The molecule has 0 heterocycles. The number of amides is 3. The van der Waals surface area contributed by atoms with Crippen LogP contribution in [0.3, 0.4) is 0 Å². The van der Waals surface area contributed by atoms with Crippen LogP contribution < -0.4 is 16.0 Å². The summed E-state index contributed by atoms with van der Waals surface area (Å²) in [7, 11) is 0. The second-order valence-electron chi connectivity index (χ2n) is 9.76. The molecule has 4 rings (SSSR count). The van der Waals surface area contributed by atoms with Gasteiger partial charge >= 0.3 is 5.97 Å². The number of esters is 1. The molecule has 0 aliphatic heterocycles. The van der Waals surface area contributed by atoms with Crippen LogP contribution in [0.15, 0.2) is 114 Å². The fourth-order valence-corrected chi connectivity index (χ4v) is 5.02. The molecule has 0 aliphatic rings. The van der Waals surface area contributed by atoms with Crippen LogP contribution in [0.2, 0.25) is 0 Å². The van der Waals surface area contributed by atoms with Gasteiger partial charge in [-0.1, -0.05) is 48.5 Å². The van der Waals surface area contributed by atoms with Crippen molar-refractivity contribution >= 4 is 52.9 Å². The number of thioether (sulfide) groups is 1. The van der Waals surface area contributed by atoms with E-state index >= 15 is 0 Å². The molecule has 4 aromatic rings. The minimum absolute atomic E-state index is 0.0907. The monoisotopic (exact) mass is 607 g/mol. The molecule has 0 aliphatic carbocycles. The van der Waals surface area contributed by atoms with Gasteiger partial charge in [-0.2, -0.15) is 0 Å². The lowest BCUT2D eigenvalue weighted by molar-refractivity contribution is -0.115. The molecular formula is C35H33N3O5S. The van der Waals surface area contributed by atoms with Gasteiger partial charge in [0.05, 0.1) is 17.4 Å². The Kier molecular flexibility index (Phi) is 11.1. The molecule has 0 saturated heterocycles. The van der Waals surface area contributed by atoms with Crippen molar-refractivity contribution in [1.29, 1.82) is 0 Å². The number of hydrogen-bond acceptors (Lipinski definition) is 6. The molecule has 4 aromatic carbocycles. The van der Waals surface area contributed by atoms with Gasteiger partial charge in [0.2, 0.25) is 5.91 Å². The highest BCUT2D eigenvalue weighted by atomic mass is 32.2. The van der Waals surface area contributed by atoms with Crippen LogP contribution in [0.5, 0.6) is 0 Å². The molecule has 1 unspecified atom stereocenters. The summed E-state index contributed by atoms with van der Waals surface area (Å²) >= 11 is 1.33. The van der Waals surface area contributed by atoms with Crippen molar-refractivity contribution in [3.05, 3.63) is 131 Å². The highest BCUT2D eigenvalue weighted by Gasteiger charge is 2.18. The molecule has 8 nitrogen and oxygen atoms in total. The van der Waals surface area contributed by atoms with Crippen molar-refractivity contribution < 1.29 is 23.9 Å². The highest BCUT2D eigenvalue weighted by molar-refractivity contribution is 8.00. The van der Waals surface area contributed by atoms with Crippen LogP contribution in [-0.4, -0.2) is 35.5 Å². The van der Waals surface area contributed by atoms with E-state index < -0.39 is 23.0 Å². The van der Waals surface area contributed by atoms with Crippen LogP contribution in [-0.2, 0) is 14.3 Å². The molecule has 0 bridgehead atoms. The number of hydrogen-bond donors (Lipinski definition) is 3. The first-order valence-electron chi connectivity index (χ1n) is 14.0. The fraction of sp³-hybridized carbons (Fsp3) is 0.143. The van der Waals surface area contributed by atoms with E-state index in [9.17, 15) is 19.2 Å². The van der Waals surface area contributed by atoms with Gasteiger partial charge in [0.15, 0.2) is 0 Å². The van der Waals surface area contributed by atoms with Crippen LogP contribution in [0.1, 0.15) is 45.7 Å². The summed E-state index contributed by atoms with van der Waals surface area (Å²) in [5.41, 5.74) is 3.74. The minimum Gasteiger partial charge on any atom is -0.462 e. The Bertz CT molecular complexity index is 1670. The summed E-state index contributed by atoms with van der Waals surface area (Å²) in [5, 5.41) is 8.01. The number of benzene rings is 4. The molecule has 0 radical (unpaired) electrons. The number of nitrogens with one attached hydrogen (secondary N) is 3. The van der Waals surface area contributed by atoms with Gasteiger partial charge in [-0.25, -0.2) is 4.79 Å². The van der Waals surface area contributed by atoms with Crippen molar-refractivity contribution in [2.75, 3.05) is 17.2 Å². The smallest absolute Gasteiger partial charge is 0.338 e. The predicted molar refractivity (Wildman–Crippen MR) is 174 cm³/mol. The van der Waals surface area contributed by atoms with Gasteiger partial charge in [-0.05, 0) is 92.6 Å². The maximum Gasteiger partial charge on any atom is 0.338 e. The number of anilines is 2. The van der Waals surface area contributed by atoms with Gasteiger partial charge in [-0.15, -0.1) is 11.8 Å². The van der Waals surface area contributed by atoms with Crippen LogP contribution >= 0.6 is 11.8 Å². The van der Waals surface area contributed by atoms with Gasteiger partial charge in [0, 0.05) is 21.8 Å². The first-order chi connectivity index (χ1) is 21.2. The van der Waals surface area contributed by atoms with E-state index in [0.29, 0.717) is 22.5 Å². The van der Waals surface area contributed by atoms with E-state index in [2.05, 4.69) is 16.0 Å². The Hall–Kier alpha value is -5.15. The minimum atomic E-state index is -0.489. The van der Waals surface area contributed by atoms with E-state index in [1.54, 1.807) is 86.7 Å². The van der Waals surface area contributed by atoms with Crippen molar-refractivity contribution in [2.24, 2.45) is 0 Å². The van der Waals surface area contributed by atoms with E-state index in [1.807, 2.05) is 43.3 Å². The summed E-state index contributed by atoms with van der Waals surface area (Å²) in [6, 6.07) is 29.9.